The van der Waals surface area contributed by atoms with Gasteiger partial charge in [0.2, 0.25) is 0 Å². The highest BCUT2D eigenvalue weighted by molar-refractivity contribution is 9.09. The van der Waals surface area contributed by atoms with Gasteiger partial charge in [-0.05, 0) is 23.8 Å². The van der Waals surface area contributed by atoms with E-state index in [4.69, 9.17) is 4.74 Å². The molecule has 2 aromatic carbocycles. The summed E-state index contributed by atoms with van der Waals surface area (Å²) in [5.41, 5.74) is 1.33. The van der Waals surface area contributed by atoms with Crippen molar-refractivity contribution in [1.29, 1.82) is 0 Å². The van der Waals surface area contributed by atoms with E-state index >= 15 is 0 Å². The zero-order chi connectivity index (χ0) is 15.2. The van der Waals surface area contributed by atoms with Gasteiger partial charge in [0.15, 0.2) is 11.6 Å². The van der Waals surface area contributed by atoms with Crippen molar-refractivity contribution in [3.8, 4) is 5.75 Å². The highest BCUT2D eigenvalue weighted by Gasteiger charge is 2.12. The Morgan fingerprint density at radius 1 is 1.29 bits per heavy atom. The first-order valence-corrected chi connectivity index (χ1v) is 7.34. The number of hydrogen-bond acceptors (Lipinski definition) is 2. The largest absolute Gasteiger partial charge is 0.494 e. The van der Waals surface area contributed by atoms with Crippen LogP contribution in [0.25, 0.3) is 0 Å². The number of halogens is 2. The number of alkyl halides is 1. The van der Waals surface area contributed by atoms with Crippen molar-refractivity contribution in [2.75, 3.05) is 13.7 Å². The molecule has 0 radical (unpaired) electrons. The van der Waals surface area contributed by atoms with Crippen LogP contribution < -0.4 is 10.1 Å². The molecule has 3 nitrogen and oxygen atoms in total. The van der Waals surface area contributed by atoms with E-state index in [0.717, 1.165) is 5.56 Å². The summed E-state index contributed by atoms with van der Waals surface area (Å²) in [6.07, 6.45) is 0. The van der Waals surface area contributed by atoms with E-state index < -0.39 is 5.82 Å². The number of amides is 1. The van der Waals surface area contributed by atoms with Gasteiger partial charge in [-0.15, -0.1) is 0 Å². The van der Waals surface area contributed by atoms with Crippen molar-refractivity contribution in [2.45, 2.75) is 4.83 Å². The maximum atomic E-state index is 13.6. The maximum Gasteiger partial charge on any atom is 0.251 e. The van der Waals surface area contributed by atoms with Crippen molar-refractivity contribution >= 4 is 21.8 Å². The van der Waals surface area contributed by atoms with Gasteiger partial charge >= 0.3 is 0 Å². The van der Waals surface area contributed by atoms with Gasteiger partial charge in [0, 0.05) is 12.1 Å². The number of nitrogens with one attached hydrogen (secondary N) is 1. The molecule has 0 fully saturated rings. The Hall–Kier alpha value is -1.88. The second kappa shape index (κ2) is 7.22. The summed E-state index contributed by atoms with van der Waals surface area (Å²) in [6.45, 7) is 0.413. The van der Waals surface area contributed by atoms with E-state index in [2.05, 4.69) is 21.2 Å². The minimum Gasteiger partial charge on any atom is -0.494 e. The van der Waals surface area contributed by atoms with Gasteiger partial charge in [0.1, 0.15) is 0 Å². The Morgan fingerprint density at radius 2 is 2.00 bits per heavy atom. The molecule has 0 saturated heterocycles. The third kappa shape index (κ3) is 4.04. The number of carbonyl (C=O) groups is 1. The summed E-state index contributed by atoms with van der Waals surface area (Å²) in [7, 11) is 1.38. The second-order valence-corrected chi connectivity index (χ2v) is 5.54. The smallest absolute Gasteiger partial charge is 0.251 e. The lowest BCUT2D eigenvalue weighted by Gasteiger charge is -2.12. The van der Waals surface area contributed by atoms with E-state index in [0.29, 0.717) is 6.54 Å². The first-order chi connectivity index (χ1) is 10.1. The average Bonchev–Trinajstić information content (AvgIpc) is 2.53. The van der Waals surface area contributed by atoms with Crippen LogP contribution in [0, 0.1) is 5.82 Å². The molecule has 0 heterocycles. The molecule has 1 amide bonds. The fourth-order valence-electron chi connectivity index (χ4n) is 1.87. The molecular weight excluding hydrogens is 337 g/mol. The molecule has 0 aromatic heterocycles. The number of ether oxygens (including phenoxy) is 1. The lowest BCUT2D eigenvalue weighted by atomic mass is 10.1. The quantitative estimate of drug-likeness (QED) is 0.834. The molecule has 0 spiro atoms. The molecular formula is C16H15BrFNO2. The van der Waals surface area contributed by atoms with E-state index in [1.165, 1.54) is 25.3 Å². The Morgan fingerprint density at radius 3 is 2.62 bits per heavy atom. The molecule has 0 aliphatic rings. The van der Waals surface area contributed by atoms with Crippen LogP contribution in [0.3, 0.4) is 0 Å². The van der Waals surface area contributed by atoms with Crippen LogP contribution in [0.2, 0.25) is 0 Å². The van der Waals surface area contributed by atoms with Crippen LogP contribution >= 0.6 is 15.9 Å². The summed E-state index contributed by atoms with van der Waals surface area (Å²) in [4.78, 5) is 12.0. The summed E-state index contributed by atoms with van der Waals surface area (Å²) >= 11 is 3.52. The number of carbonyl (C=O) groups excluding carboxylic acids is 1. The van der Waals surface area contributed by atoms with Crippen LogP contribution in [-0.4, -0.2) is 19.6 Å². The monoisotopic (exact) mass is 351 g/mol. The standard InChI is InChI=1S/C16H15BrFNO2/c1-21-15-8-7-12(9-14(15)18)16(20)19-10-13(17)11-5-3-2-4-6-11/h2-9,13H,10H2,1H3,(H,19,20). The Kier molecular flexibility index (Phi) is 5.33. The molecule has 1 atom stereocenters. The molecule has 110 valence electrons. The molecule has 2 aromatic rings. The van der Waals surface area contributed by atoms with Crippen LogP contribution in [-0.2, 0) is 0 Å². The fraction of sp³-hybridized carbons (Fsp3) is 0.188. The third-order valence-electron chi connectivity index (χ3n) is 3.02. The fourth-order valence-corrected chi connectivity index (χ4v) is 2.34. The van der Waals surface area contributed by atoms with E-state index in [1.807, 2.05) is 30.3 Å². The Balaban J connectivity index is 1.97. The highest BCUT2D eigenvalue weighted by Crippen LogP contribution is 2.21. The van der Waals surface area contributed by atoms with E-state index in [-0.39, 0.29) is 22.0 Å². The number of hydrogen-bond donors (Lipinski definition) is 1. The predicted molar refractivity (Wildman–Crippen MR) is 83.4 cm³/mol. The minimum absolute atomic E-state index is 0.00532. The van der Waals surface area contributed by atoms with Crippen LogP contribution in [0.1, 0.15) is 20.7 Å². The Bertz CT molecular complexity index is 619. The normalized spacial score (nSPS) is 11.8. The zero-order valence-electron chi connectivity index (χ0n) is 11.5. The molecule has 21 heavy (non-hydrogen) atoms. The van der Waals surface area contributed by atoms with Crippen LogP contribution in [0.5, 0.6) is 5.75 Å². The van der Waals surface area contributed by atoms with Gasteiger partial charge in [-0.1, -0.05) is 46.3 Å². The molecule has 0 aliphatic carbocycles. The first kappa shape index (κ1) is 15.5. The lowest BCUT2D eigenvalue weighted by molar-refractivity contribution is 0.0953. The van der Waals surface area contributed by atoms with Crippen LogP contribution in [0.4, 0.5) is 4.39 Å². The number of methoxy groups -OCH3 is 1. The highest BCUT2D eigenvalue weighted by atomic mass is 79.9. The summed E-state index contributed by atoms with van der Waals surface area (Å²) in [5.74, 6) is -0.755. The molecule has 0 aliphatic heterocycles. The molecule has 1 N–H and O–H groups in total. The minimum atomic E-state index is -0.552. The van der Waals surface area contributed by atoms with Gasteiger partial charge < -0.3 is 10.1 Å². The average molecular weight is 352 g/mol. The SMILES string of the molecule is COc1ccc(C(=O)NCC(Br)c2ccccc2)cc1F. The predicted octanol–water partition coefficient (Wildman–Crippen LogP) is 3.70. The topological polar surface area (TPSA) is 38.3 Å². The van der Waals surface area contributed by atoms with Gasteiger partial charge in [0.25, 0.3) is 5.91 Å². The molecule has 0 bridgehead atoms. The van der Waals surface area contributed by atoms with Crippen molar-refractivity contribution in [1.82, 2.24) is 5.32 Å². The second-order valence-electron chi connectivity index (χ2n) is 4.44. The molecule has 0 saturated carbocycles. The summed E-state index contributed by atoms with van der Waals surface area (Å²) in [5, 5.41) is 2.77. The van der Waals surface area contributed by atoms with Gasteiger partial charge in [0.05, 0.1) is 11.9 Å². The number of rotatable bonds is 5. The van der Waals surface area contributed by atoms with Crippen molar-refractivity contribution in [2.24, 2.45) is 0 Å². The van der Waals surface area contributed by atoms with E-state index in [1.54, 1.807) is 0 Å². The maximum absolute atomic E-state index is 13.6. The number of benzene rings is 2. The summed E-state index contributed by atoms with van der Waals surface area (Å²) in [6, 6.07) is 13.9. The van der Waals surface area contributed by atoms with Gasteiger partial charge in [-0.2, -0.15) is 0 Å². The first-order valence-electron chi connectivity index (χ1n) is 6.42. The molecule has 1 unspecified atom stereocenters. The van der Waals surface area contributed by atoms with Crippen molar-refractivity contribution in [3.05, 3.63) is 65.5 Å². The molecule has 2 rings (SSSR count). The van der Waals surface area contributed by atoms with Crippen LogP contribution in [0.15, 0.2) is 48.5 Å². The van der Waals surface area contributed by atoms with E-state index in [9.17, 15) is 9.18 Å². The third-order valence-corrected chi connectivity index (χ3v) is 3.87. The zero-order valence-corrected chi connectivity index (χ0v) is 13.1. The van der Waals surface area contributed by atoms with Crippen molar-refractivity contribution in [3.63, 3.8) is 0 Å². The van der Waals surface area contributed by atoms with Gasteiger partial charge in [-0.3, -0.25) is 4.79 Å². The van der Waals surface area contributed by atoms with Gasteiger partial charge in [-0.25, -0.2) is 4.39 Å². The molecule has 5 heteroatoms. The lowest BCUT2D eigenvalue weighted by Crippen LogP contribution is -2.26. The van der Waals surface area contributed by atoms with Crippen molar-refractivity contribution < 1.29 is 13.9 Å². The summed E-state index contributed by atoms with van der Waals surface area (Å²) < 4.78 is 18.4. The Labute approximate surface area is 131 Å².